The monoisotopic (exact) mass is 389 g/mol. The Hall–Kier alpha value is -3.94. The highest BCUT2D eigenvalue weighted by molar-refractivity contribution is 5.95. The molecule has 0 spiro atoms. The van der Waals surface area contributed by atoms with Crippen molar-refractivity contribution in [1.29, 1.82) is 0 Å². The largest absolute Gasteiger partial charge is 0.483 e. The number of pyridine rings is 1. The number of benzene rings is 1. The number of hydrogen-bond acceptors (Lipinski definition) is 5. The van der Waals surface area contributed by atoms with Gasteiger partial charge in [-0.05, 0) is 5.56 Å². The number of nitrogens with one attached hydrogen (secondary N) is 1. The fourth-order valence-electron chi connectivity index (χ4n) is 3.02. The molecule has 0 atom stereocenters. The van der Waals surface area contributed by atoms with E-state index in [2.05, 4.69) is 15.3 Å². The van der Waals surface area contributed by atoms with E-state index in [1.165, 1.54) is 6.07 Å². The Labute approximate surface area is 166 Å². The molecule has 1 amide bonds. The lowest BCUT2D eigenvalue weighted by Crippen LogP contribution is -2.29. The Morgan fingerprint density at radius 3 is 2.79 bits per heavy atom. The minimum atomic E-state index is -0.405. The third-order valence-corrected chi connectivity index (χ3v) is 4.51. The molecular formula is C21H19N5O3. The molecule has 8 heteroatoms. The van der Waals surface area contributed by atoms with Crippen molar-refractivity contribution in [2.75, 3.05) is 0 Å². The van der Waals surface area contributed by atoms with Crippen molar-refractivity contribution in [3.05, 3.63) is 94.6 Å². The second kappa shape index (κ2) is 7.97. The van der Waals surface area contributed by atoms with Crippen molar-refractivity contribution in [1.82, 2.24) is 24.3 Å². The number of fused-ring (bicyclic) bond motifs is 1. The maximum atomic E-state index is 12.9. The van der Waals surface area contributed by atoms with Crippen LogP contribution >= 0.6 is 0 Å². The van der Waals surface area contributed by atoms with Gasteiger partial charge >= 0.3 is 0 Å². The zero-order chi connectivity index (χ0) is 20.2. The number of nitrogens with zero attached hydrogens (tertiary/aromatic N) is 4. The summed E-state index contributed by atoms with van der Waals surface area (Å²) in [4.78, 5) is 33.5. The van der Waals surface area contributed by atoms with E-state index in [1.807, 2.05) is 34.7 Å². The summed E-state index contributed by atoms with van der Waals surface area (Å²) in [7, 11) is 1.70. The predicted octanol–water partition coefficient (Wildman–Crippen LogP) is 1.94. The number of carbonyl (C=O) groups excluding carboxylic acids is 1. The number of rotatable bonds is 6. The standard InChI is InChI=1S/C21H19N5O3/c1-25-9-7-17(27)20(29-14-15-5-3-2-4-6-15)19(25)21(28)24-12-16-11-23-18-13-22-8-10-26(16)18/h2-11,13H,12,14H2,1H3,(H,24,28). The molecule has 146 valence electrons. The zero-order valence-corrected chi connectivity index (χ0v) is 15.8. The fraction of sp³-hybridized carbons (Fsp3) is 0.143. The Bertz CT molecular complexity index is 1210. The lowest BCUT2D eigenvalue weighted by Gasteiger charge is -2.14. The van der Waals surface area contributed by atoms with Gasteiger partial charge in [0.15, 0.2) is 17.1 Å². The Morgan fingerprint density at radius 2 is 1.97 bits per heavy atom. The number of carbonyl (C=O) groups is 1. The van der Waals surface area contributed by atoms with Gasteiger partial charge in [0.05, 0.1) is 24.6 Å². The maximum Gasteiger partial charge on any atom is 0.272 e. The molecule has 3 heterocycles. The van der Waals surface area contributed by atoms with Crippen LogP contribution in [0.25, 0.3) is 5.65 Å². The highest BCUT2D eigenvalue weighted by Gasteiger charge is 2.19. The SMILES string of the molecule is Cn1ccc(=O)c(OCc2ccccc2)c1C(=O)NCc1cnc2cnccn12. The van der Waals surface area contributed by atoms with Crippen molar-refractivity contribution >= 4 is 11.6 Å². The van der Waals surface area contributed by atoms with Gasteiger partial charge in [0.2, 0.25) is 5.43 Å². The molecule has 0 saturated heterocycles. The molecule has 29 heavy (non-hydrogen) atoms. The molecule has 1 aromatic carbocycles. The molecule has 4 aromatic rings. The molecule has 0 fully saturated rings. The zero-order valence-electron chi connectivity index (χ0n) is 15.8. The lowest BCUT2D eigenvalue weighted by molar-refractivity contribution is 0.0935. The van der Waals surface area contributed by atoms with Gasteiger partial charge in [0, 0.05) is 31.7 Å². The summed E-state index contributed by atoms with van der Waals surface area (Å²) in [6.07, 6.45) is 8.29. The highest BCUT2D eigenvalue weighted by Crippen LogP contribution is 2.15. The van der Waals surface area contributed by atoms with E-state index >= 15 is 0 Å². The van der Waals surface area contributed by atoms with E-state index in [9.17, 15) is 9.59 Å². The van der Waals surface area contributed by atoms with Gasteiger partial charge in [-0.25, -0.2) is 4.98 Å². The Morgan fingerprint density at radius 1 is 1.14 bits per heavy atom. The number of aromatic nitrogens is 4. The normalized spacial score (nSPS) is 10.8. The second-order valence-corrected chi connectivity index (χ2v) is 6.48. The van der Waals surface area contributed by atoms with Crippen molar-refractivity contribution in [3.8, 4) is 5.75 Å². The molecule has 4 rings (SSSR count). The van der Waals surface area contributed by atoms with Crippen molar-refractivity contribution in [2.24, 2.45) is 7.05 Å². The average Bonchev–Trinajstić information content (AvgIpc) is 3.16. The van der Waals surface area contributed by atoms with Crippen LogP contribution in [-0.2, 0) is 20.2 Å². The van der Waals surface area contributed by atoms with Crippen LogP contribution in [0.5, 0.6) is 5.75 Å². The minimum absolute atomic E-state index is 0.0266. The number of ether oxygens (including phenoxy) is 1. The summed E-state index contributed by atoms with van der Waals surface area (Å²) in [5.74, 6) is -0.379. The molecule has 0 saturated carbocycles. The number of amides is 1. The topological polar surface area (TPSA) is 90.5 Å². The van der Waals surface area contributed by atoms with Gasteiger partial charge in [-0.15, -0.1) is 0 Å². The van der Waals surface area contributed by atoms with E-state index in [4.69, 9.17) is 4.74 Å². The molecule has 0 radical (unpaired) electrons. The van der Waals surface area contributed by atoms with E-state index in [1.54, 1.807) is 42.6 Å². The van der Waals surface area contributed by atoms with Crippen LogP contribution < -0.4 is 15.5 Å². The summed E-state index contributed by atoms with van der Waals surface area (Å²) in [6.45, 7) is 0.436. The van der Waals surface area contributed by atoms with Gasteiger partial charge in [0.25, 0.3) is 5.91 Å². The van der Waals surface area contributed by atoms with Gasteiger partial charge in [-0.2, -0.15) is 0 Å². The molecule has 8 nitrogen and oxygen atoms in total. The van der Waals surface area contributed by atoms with Gasteiger partial charge < -0.3 is 14.6 Å². The summed E-state index contributed by atoms with van der Waals surface area (Å²) in [5.41, 5.74) is 2.22. The molecular weight excluding hydrogens is 370 g/mol. The van der Waals surface area contributed by atoms with Crippen LogP contribution in [0.15, 0.2) is 72.2 Å². The van der Waals surface area contributed by atoms with Gasteiger partial charge in [-0.1, -0.05) is 30.3 Å². The van der Waals surface area contributed by atoms with Crippen LogP contribution in [0.3, 0.4) is 0 Å². The molecule has 0 unspecified atom stereocenters. The van der Waals surface area contributed by atoms with E-state index in [-0.39, 0.29) is 30.0 Å². The fourth-order valence-corrected chi connectivity index (χ4v) is 3.02. The first-order chi connectivity index (χ1) is 14.1. The predicted molar refractivity (Wildman–Crippen MR) is 107 cm³/mol. The third kappa shape index (κ3) is 3.86. The minimum Gasteiger partial charge on any atom is -0.483 e. The first-order valence-corrected chi connectivity index (χ1v) is 9.04. The molecule has 0 bridgehead atoms. The van der Waals surface area contributed by atoms with Crippen LogP contribution in [0, 0.1) is 0 Å². The Balaban J connectivity index is 1.55. The van der Waals surface area contributed by atoms with Crippen LogP contribution in [0.4, 0.5) is 0 Å². The van der Waals surface area contributed by atoms with Crippen molar-refractivity contribution < 1.29 is 9.53 Å². The van der Waals surface area contributed by atoms with E-state index in [0.29, 0.717) is 5.65 Å². The van der Waals surface area contributed by atoms with Gasteiger partial charge in [0.1, 0.15) is 6.61 Å². The molecule has 1 N–H and O–H groups in total. The first kappa shape index (κ1) is 18.4. The molecule has 0 aliphatic carbocycles. The smallest absolute Gasteiger partial charge is 0.272 e. The Kier molecular flexibility index (Phi) is 5.07. The summed E-state index contributed by atoms with van der Waals surface area (Å²) in [5, 5.41) is 2.84. The summed E-state index contributed by atoms with van der Waals surface area (Å²) in [6, 6.07) is 10.9. The lowest BCUT2D eigenvalue weighted by atomic mass is 10.2. The van der Waals surface area contributed by atoms with Crippen molar-refractivity contribution in [3.63, 3.8) is 0 Å². The number of hydrogen-bond donors (Lipinski definition) is 1. The molecule has 0 aliphatic rings. The van der Waals surface area contributed by atoms with E-state index in [0.717, 1.165) is 11.3 Å². The molecule has 3 aromatic heterocycles. The average molecular weight is 389 g/mol. The van der Waals surface area contributed by atoms with Crippen LogP contribution in [0.2, 0.25) is 0 Å². The third-order valence-electron chi connectivity index (χ3n) is 4.51. The van der Waals surface area contributed by atoms with Crippen LogP contribution in [-0.4, -0.2) is 24.8 Å². The van der Waals surface area contributed by atoms with Gasteiger partial charge in [-0.3, -0.25) is 19.0 Å². The number of aryl methyl sites for hydroxylation is 1. The molecule has 0 aliphatic heterocycles. The second-order valence-electron chi connectivity index (χ2n) is 6.48. The quantitative estimate of drug-likeness (QED) is 0.544. The number of imidazole rings is 1. The summed E-state index contributed by atoms with van der Waals surface area (Å²) >= 11 is 0. The summed E-state index contributed by atoms with van der Waals surface area (Å²) < 4.78 is 9.16. The maximum absolute atomic E-state index is 12.9. The first-order valence-electron chi connectivity index (χ1n) is 9.04. The van der Waals surface area contributed by atoms with E-state index < -0.39 is 5.91 Å². The highest BCUT2D eigenvalue weighted by atomic mass is 16.5. The van der Waals surface area contributed by atoms with Crippen LogP contribution in [0.1, 0.15) is 21.7 Å². The van der Waals surface area contributed by atoms with Crippen molar-refractivity contribution in [2.45, 2.75) is 13.2 Å².